The van der Waals surface area contributed by atoms with Gasteiger partial charge in [-0.3, -0.25) is 0 Å². The SMILES string of the molecule is CN(CC1CCOCC1)S(=O)(=O)c1c[nH]c(C(=O)O)c1. The van der Waals surface area contributed by atoms with Crippen molar-refractivity contribution in [3.63, 3.8) is 0 Å². The number of nitrogens with one attached hydrogen (secondary N) is 1. The third kappa shape index (κ3) is 3.20. The summed E-state index contributed by atoms with van der Waals surface area (Å²) in [5, 5.41) is 8.81. The number of hydrogen-bond donors (Lipinski definition) is 2. The Morgan fingerprint density at radius 2 is 2.15 bits per heavy atom. The molecule has 0 radical (unpaired) electrons. The van der Waals surface area contributed by atoms with Gasteiger partial charge in [0, 0.05) is 33.0 Å². The fourth-order valence-electron chi connectivity index (χ4n) is 2.22. The molecule has 0 atom stereocenters. The lowest BCUT2D eigenvalue weighted by Crippen LogP contribution is -2.34. The number of sulfonamides is 1. The number of nitrogens with zero attached hydrogens (tertiary/aromatic N) is 1. The number of H-pyrrole nitrogens is 1. The zero-order valence-corrected chi connectivity index (χ0v) is 12.0. The zero-order chi connectivity index (χ0) is 14.8. The van der Waals surface area contributed by atoms with Gasteiger partial charge in [-0.15, -0.1) is 0 Å². The number of ether oxygens (including phenoxy) is 1. The molecule has 1 saturated heterocycles. The van der Waals surface area contributed by atoms with Gasteiger partial charge >= 0.3 is 5.97 Å². The summed E-state index contributed by atoms with van der Waals surface area (Å²) in [7, 11) is -2.14. The minimum Gasteiger partial charge on any atom is -0.477 e. The van der Waals surface area contributed by atoms with Crippen molar-refractivity contribution in [1.82, 2.24) is 9.29 Å². The van der Waals surface area contributed by atoms with Crippen LogP contribution in [-0.2, 0) is 14.8 Å². The first-order valence-corrected chi connectivity index (χ1v) is 7.81. The van der Waals surface area contributed by atoms with Crippen molar-refractivity contribution in [2.24, 2.45) is 5.92 Å². The van der Waals surface area contributed by atoms with Crippen molar-refractivity contribution >= 4 is 16.0 Å². The third-order valence-electron chi connectivity index (χ3n) is 3.45. The van der Waals surface area contributed by atoms with E-state index in [2.05, 4.69) is 4.98 Å². The summed E-state index contributed by atoms with van der Waals surface area (Å²) in [5.74, 6) is -0.903. The summed E-state index contributed by atoms with van der Waals surface area (Å²) in [6, 6.07) is 1.14. The Morgan fingerprint density at radius 1 is 1.50 bits per heavy atom. The molecule has 1 fully saturated rings. The second kappa shape index (κ2) is 5.94. The van der Waals surface area contributed by atoms with Gasteiger partial charge in [-0.05, 0) is 24.8 Å². The standard InChI is InChI=1S/C12H18N2O5S/c1-14(8-9-2-4-19-5-3-9)20(17,18)10-6-11(12(15)16)13-7-10/h6-7,9,13H,2-5,8H2,1H3,(H,15,16). The molecule has 1 aliphatic rings. The highest BCUT2D eigenvalue weighted by Crippen LogP contribution is 2.21. The van der Waals surface area contributed by atoms with Crippen molar-refractivity contribution in [3.05, 3.63) is 18.0 Å². The average Bonchev–Trinajstić information content (AvgIpc) is 2.90. The van der Waals surface area contributed by atoms with Crippen LogP contribution >= 0.6 is 0 Å². The van der Waals surface area contributed by atoms with Gasteiger partial charge in [-0.25, -0.2) is 17.5 Å². The molecular formula is C12H18N2O5S. The molecule has 7 nitrogen and oxygen atoms in total. The van der Waals surface area contributed by atoms with Crippen molar-refractivity contribution in [1.29, 1.82) is 0 Å². The molecule has 0 aliphatic carbocycles. The molecule has 2 rings (SSSR count). The summed E-state index contributed by atoms with van der Waals surface area (Å²) in [5.41, 5.74) is -0.136. The lowest BCUT2D eigenvalue weighted by Gasteiger charge is -2.26. The van der Waals surface area contributed by atoms with Gasteiger partial charge in [0.05, 0.1) is 0 Å². The first-order chi connectivity index (χ1) is 9.41. The topological polar surface area (TPSA) is 99.7 Å². The molecule has 1 aliphatic heterocycles. The Bertz CT molecular complexity index is 574. The van der Waals surface area contributed by atoms with Crippen LogP contribution in [0.5, 0.6) is 0 Å². The van der Waals surface area contributed by atoms with Crippen LogP contribution in [0.2, 0.25) is 0 Å². The van der Waals surface area contributed by atoms with Crippen LogP contribution in [0.4, 0.5) is 0 Å². The number of hydrogen-bond acceptors (Lipinski definition) is 4. The molecule has 2 heterocycles. The monoisotopic (exact) mass is 302 g/mol. The van der Waals surface area contributed by atoms with Crippen molar-refractivity contribution in [2.45, 2.75) is 17.7 Å². The summed E-state index contributed by atoms with van der Waals surface area (Å²) < 4.78 is 31.2. The highest BCUT2D eigenvalue weighted by Gasteiger charge is 2.26. The largest absolute Gasteiger partial charge is 0.477 e. The van der Waals surface area contributed by atoms with E-state index in [4.69, 9.17) is 9.84 Å². The number of carboxylic acid groups (broad SMARTS) is 1. The van der Waals surface area contributed by atoms with Crippen LogP contribution in [0.25, 0.3) is 0 Å². The summed E-state index contributed by atoms with van der Waals surface area (Å²) >= 11 is 0. The zero-order valence-electron chi connectivity index (χ0n) is 11.2. The minimum absolute atomic E-state index is 0.0236. The van der Waals surface area contributed by atoms with E-state index in [9.17, 15) is 13.2 Å². The maximum absolute atomic E-state index is 12.3. The van der Waals surface area contributed by atoms with Crippen LogP contribution in [0.1, 0.15) is 23.3 Å². The van der Waals surface area contributed by atoms with Gasteiger partial charge < -0.3 is 14.8 Å². The predicted octanol–water partition coefficient (Wildman–Crippen LogP) is 0.760. The molecule has 0 saturated carbocycles. The Labute approximate surface area is 117 Å². The van der Waals surface area contributed by atoms with E-state index in [1.54, 1.807) is 0 Å². The number of aromatic carboxylic acids is 1. The van der Waals surface area contributed by atoms with Crippen LogP contribution in [0, 0.1) is 5.92 Å². The van der Waals surface area contributed by atoms with Crippen molar-refractivity contribution < 1.29 is 23.1 Å². The maximum Gasteiger partial charge on any atom is 0.352 e. The van der Waals surface area contributed by atoms with Crippen LogP contribution in [0.3, 0.4) is 0 Å². The molecule has 0 bridgehead atoms. The third-order valence-corrected chi connectivity index (χ3v) is 5.25. The van der Waals surface area contributed by atoms with E-state index in [1.807, 2.05) is 0 Å². The van der Waals surface area contributed by atoms with E-state index in [0.29, 0.717) is 19.8 Å². The number of aromatic nitrogens is 1. The van der Waals surface area contributed by atoms with Gasteiger partial charge in [-0.2, -0.15) is 0 Å². The summed E-state index contributed by atoms with van der Waals surface area (Å²) in [6.45, 7) is 1.73. The molecule has 0 spiro atoms. The van der Waals surface area contributed by atoms with Crippen LogP contribution in [-0.4, -0.2) is 55.6 Å². The molecule has 0 aromatic carbocycles. The second-order valence-corrected chi connectivity index (χ2v) is 6.94. The summed E-state index contributed by atoms with van der Waals surface area (Å²) in [6.07, 6.45) is 2.89. The average molecular weight is 302 g/mol. The molecule has 0 unspecified atom stereocenters. The smallest absolute Gasteiger partial charge is 0.352 e. The van der Waals surface area contributed by atoms with Crippen LogP contribution in [0.15, 0.2) is 17.2 Å². The first-order valence-electron chi connectivity index (χ1n) is 6.37. The fourth-order valence-corrected chi connectivity index (χ4v) is 3.46. The number of rotatable bonds is 5. The van der Waals surface area contributed by atoms with E-state index < -0.39 is 16.0 Å². The van der Waals surface area contributed by atoms with Crippen molar-refractivity contribution in [2.75, 3.05) is 26.8 Å². The van der Waals surface area contributed by atoms with Gasteiger partial charge in [0.1, 0.15) is 10.6 Å². The second-order valence-electron chi connectivity index (χ2n) is 4.90. The highest BCUT2D eigenvalue weighted by molar-refractivity contribution is 7.89. The molecule has 2 N–H and O–H groups in total. The van der Waals surface area contributed by atoms with Crippen LogP contribution < -0.4 is 0 Å². The molecule has 20 heavy (non-hydrogen) atoms. The van der Waals surface area contributed by atoms with E-state index in [-0.39, 0.29) is 16.5 Å². The van der Waals surface area contributed by atoms with Gasteiger partial charge in [-0.1, -0.05) is 0 Å². The van der Waals surface area contributed by atoms with E-state index >= 15 is 0 Å². The molecule has 1 aromatic heterocycles. The van der Waals surface area contributed by atoms with E-state index in [0.717, 1.165) is 18.9 Å². The lowest BCUT2D eigenvalue weighted by molar-refractivity contribution is 0.0620. The van der Waals surface area contributed by atoms with Gasteiger partial charge in [0.2, 0.25) is 10.0 Å². The van der Waals surface area contributed by atoms with Crippen molar-refractivity contribution in [3.8, 4) is 0 Å². The Hall–Kier alpha value is -1.38. The fraction of sp³-hybridized carbons (Fsp3) is 0.583. The Balaban J connectivity index is 2.09. The van der Waals surface area contributed by atoms with Gasteiger partial charge in [0.15, 0.2) is 0 Å². The molecule has 1 aromatic rings. The Kier molecular flexibility index (Phi) is 4.46. The molecule has 8 heteroatoms. The predicted molar refractivity (Wildman–Crippen MR) is 71.1 cm³/mol. The summed E-state index contributed by atoms with van der Waals surface area (Å²) in [4.78, 5) is 13.2. The van der Waals surface area contributed by atoms with E-state index in [1.165, 1.54) is 17.5 Å². The quantitative estimate of drug-likeness (QED) is 0.836. The number of aromatic amines is 1. The lowest BCUT2D eigenvalue weighted by atomic mass is 10.0. The first kappa shape index (κ1) is 15.0. The molecule has 112 valence electrons. The Morgan fingerprint density at radius 3 is 2.70 bits per heavy atom. The number of carboxylic acids is 1. The maximum atomic E-state index is 12.3. The highest BCUT2D eigenvalue weighted by atomic mass is 32.2. The van der Waals surface area contributed by atoms with Gasteiger partial charge in [0.25, 0.3) is 0 Å². The minimum atomic E-state index is -3.65. The normalized spacial score (nSPS) is 17.5. The molecule has 0 amide bonds. The number of carbonyl (C=O) groups is 1. The molecular weight excluding hydrogens is 284 g/mol.